The fourth-order valence-corrected chi connectivity index (χ4v) is 4.69. The van der Waals surface area contributed by atoms with E-state index in [0.717, 1.165) is 30.4 Å². The van der Waals surface area contributed by atoms with Crippen LogP contribution in [0.5, 0.6) is 0 Å². The van der Waals surface area contributed by atoms with Gasteiger partial charge in [0.2, 0.25) is 5.91 Å². The number of hydrogen-bond acceptors (Lipinski definition) is 4. The molecule has 1 atom stereocenters. The van der Waals surface area contributed by atoms with Gasteiger partial charge in [0.25, 0.3) is 0 Å². The normalized spacial score (nSPS) is 16.2. The van der Waals surface area contributed by atoms with E-state index in [0.29, 0.717) is 28.1 Å². The lowest BCUT2D eigenvalue weighted by Gasteiger charge is -2.18. The van der Waals surface area contributed by atoms with Crippen molar-refractivity contribution < 1.29 is 14.3 Å². The predicted octanol–water partition coefficient (Wildman–Crippen LogP) is 5.35. The fourth-order valence-electron chi connectivity index (χ4n) is 3.16. The van der Waals surface area contributed by atoms with Gasteiger partial charge >= 0.3 is 5.97 Å². The van der Waals surface area contributed by atoms with Crippen molar-refractivity contribution in [2.45, 2.75) is 33.1 Å². The van der Waals surface area contributed by atoms with Gasteiger partial charge in [-0.1, -0.05) is 30.7 Å². The van der Waals surface area contributed by atoms with Crippen molar-refractivity contribution in [3.63, 3.8) is 0 Å². The number of nitrogens with one attached hydrogen (secondary N) is 1. The lowest BCUT2D eigenvalue weighted by molar-refractivity contribution is -0.111. The topological polar surface area (TPSA) is 55.4 Å². The number of ether oxygens (including phenoxy) is 1. The minimum absolute atomic E-state index is 0.276. The predicted molar refractivity (Wildman–Crippen MR) is 111 cm³/mol. The summed E-state index contributed by atoms with van der Waals surface area (Å²) in [7, 11) is 0. The zero-order chi connectivity index (χ0) is 19.4. The summed E-state index contributed by atoms with van der Waals surface area (Å²) in [5, 5.41) is 4.10. The van der Waals surface area contributed by atoms with Crippen molar-refractivity contribution in [3.8, 4) is 0 Å². The van der Waals surface area contributed by atoms with Gasteiger partial charge in [-0.3, -0.25) is 4.79 Å². The second-order valence-corrected chi connectivity index (χ2v) is 8.19. The zero-order valence-corrected chi connectivity index (χ0v) is 17.0. The SMILES string of the molecule is CCOC(=O)c1c(NC(=O)/C=C/c2ccc(Cl)cc2)sc2c1CCC(C)C2. The van der Waals surface area contributed by atoms with Crippen molar-refractivity contribution in [3.05, 3.63) is 56.9 Å². The number of benzene rings is 1. The third-order valence-electron chi connectivity index (χ3n) is 4.53. The number of anilines is 1. The number of thiophene rings is 1. The van der Waals surface area contributed by atoms with Crippen LogP contribution in [0.3, 0.4) is 0 Å². The van der Waals surface area contributed by atoms with Gasteiger partial charge in [-0.05, 0) is 61.4 Å². The molecule has 0 bridgehead atoms. The maximum Gasteiger partial charge on any atom is 0.341 e. The van der Waals surface area contributed by atoms with Gasteiger partial charge in [-0.2, -0.15) is 0 Å². The first kappa shape index (κ1) is 19.6. The molecule has 3 rings (SSSR count). The van der Waals surface area contributed by atoms with Crippen LogP contribution in [-0.4, -0.2) is 18.5 Å². The molecule has 0 aliphatic heterocycles. The Kier molecular flexibility index (Phi) is 6.34. The van der Waals surface area contributed by atoms with Crippen molar-refractivity contribution in [2.24, 2.45) is 5.92 Å². The number of carbonyl (C=O) groups excluding carboxylic acids is 2. The van der Waals surface area contributed by atoms with E-state index >= 15 is 0 Å². The van der Waals surface area contributed by atoms with E-state index < -0.39 is 0 Å². The molecule has 6 heteroatoms. The van der Waals surface area contributed by atoms with Gasteiger partial charge in [-0.15, -0.1) is 11.3 Å². The van der Waals surface area contributed by atoms with Crippen molar-refractivity contribution in [1.29, 1.82) is 0 Å². The summed E-state index contributed by atoms with van der Waals surface area (Å²) < 4.78 is 5.23. The van der Waals surface area contributed by atoms with E-state index in [1.54, 1.807) is 25.1 Å². The highest BCUT2D eigenvalue weighted by atomic mass is 35.5. The Hall–Kier alpha value is -2.11. The highest BCUT2D eigenvalue weighted by Crippen LogP contribution is 2.40. The summed E-state index contributed by atoms with van der Waals surface area (Å²) in [5.74, 6) is -0.0526. The Balaban J connectivity index is 1.81. The number of carbonyl (C=O) groups is 2. The highest BCUT2D eigenvalue weighted by Gasteiger charge is 2.28. The molecule has 0 saturated heterocycles. The quantitative estimate of drug-likeness (QED) is 0.540. The molecular weight excluding hydrogens is 382 g/mol. The summed E-state index contributed by atoms with van der Waals surface area (Å²) in [5.41, 5.74) is 2.44. The molecule has 1 amide bonds. The van der Waals surface area contributed by atoms with Crippen molar-refractivity contribution >= 4 is 45.9 Å². The first-order chi connectivity index (χ1) is 13.0. The maximum atomic E-state index is 12.5. The average molecular weight is 404 g/mol. The molecule has 1 N–H and O–H groups in total. The van der Waals surface area contributed by atoms with Crippen LogP contribution in [0.4, 0.5) is 5.00 Å². The Labute approximate surface area is 168 Å². The number of hydrogen-bond donors (Lipinski definition) is 1. The molecule has 0 radical (unpaired) electrons. The summed E-state index contributed by atoms with van der Waals surface area (Å²) in [4.78, 5) is 26.0. The highest BCUT2D eigenvalue weighted by molar-refractivity contribution is 7.17. The fraction of sp³-hybridized carbons (Fsp3) is 0.333. The number of esters is 1. The second-order valence-electron chi connectivity index (χ2n) is 6.65. The second kappa shape index (κ2) is 8.72. The number of halogens is 1. The molecule has 142 valence electrons. The van der Waals surface area contributed by atoms with Crippen LogP contribution in [-0.2, 0) is 22.4 Å². The van der Waals surface area contributed by atoms with Crippen LogP contribution < -0.4 is 5.32 Å². The first-order valence-corrected chi connectivity index (χ1v) is 10.2. The van der Waals surface area contributed by atoms with E-state index in [1.807, 2.05) is 12.1 Å². The van der Waals surface area contributed by atoms with Crippen molar-refractivity contribution in [2.75, 3.05) is 11.9 Å². The third-order valence-corrected chi connectivity index (χ3v) is 5.95. The van der Waals surface area contributed by atoms with E-state index in [4.69, 9.17) is 16.3 Å². The molecule has 1 aliphatic carbocycles. The maximum absolute atomic E-state index is 12.5. The molecular formula is C21H22ClNO3S. The van der Waals surface area contributed by atoms with Crippen LogP contribution in [0.15, 0.2) is 30.3 Å². The Morgan fingerprint density at radius 3 is 2.78 bits per heavy atom. The smallest absolute Gasteiger partial charge is 0.341 e. The third kappa shape index (κ3) is 4.79. The van der Waals surface area contributed by atoms with Gasteiger partial charge in [0.15, 0.2) is 0 Å². The largest absolute Gasteiger partial charge is 0.462 e. The summed E-state index contributed by atoms with van der Waals surface area (Å²) in [6.07, 6.45) is 5.99. The van der Waals surface area contributed by atoms with Gasteiger partial charge in [-0.25, -0.2) is 4.79 Å². The minimum Gasteiger partial charge on any atom is -0.462 e. The van der Waals surface area contributed by atoms with Crippen LogP contribution >= 0.6 is 22.9 Å². The average Bonchev–Trinajstić information content (AvgIpc) is 2.98. The summed E-state index contributed by atoms with van der Waals surface area (Å²) in [6, 6.07) is 7.21. The van der Waals surface area contributed by atoms with Crippen LogP contribution in [0, 0.1) is 5.92 Å². The van der Waals surface area contributed by atoms with Crippen molar-refractivity contribution in [1.82, 2.24) is 0 Å². The van der Waals surface area contributed by atoms with Gasteiger partial charge in [0.05, 0.1) is 12.2 Å². The molecule has 1 unspecified atom stereocenters. The number of fused-ring (bicyclic) bond motifs is 1. The molecule has 1 aromatic heterocycles. The molecule has 0 saturated carbocycles. The first-order valence-electron chi connectivity index (χ1n) is 9.04. The molecule has 4 nitrogen and oxygen atoms in total. The zero-order valence-electron chi connectivity index (χ0n) is 15.4. The van der Waals surface area contributed by atoms with Crippen LogP contribution in [0.1, 0.15) is 46.6 Å². The molecule has 1 aliphatic rings. The van der Waals surface area contributed by atoms with Crippen LogP contribution in [0.25, 0.3) is 6.08 Å². The van der Waals surface area contributed by atoms with Crippen LogP contribution in [0.2, 0.25) is 5.02 Å². The Morgan fingerprint density at radius 2 is 2.07 bits per heavy atom. The molecule has 0 spiro atoms. The van der Waals surface area contributed by atoms with E-state index in [9.17, 15) is 9.59 Å². The Bertz CT molecular complexity index is 870. The summed E-state index contributed by atoms with van der Waals surface area (Å²) >= 11 is 7.36. The van der Waals surface area contributed by atoms with E-state index in [1.165, 1.54) is 22.3 Å². The number of rotatable bonds is 5. The summed E-state index contributed by atoms with van der Waals surface area (Å²) in [6.45, 7) is 4.30. The lowest BCUT2D eigenvalue weighted by Crippen LogP contribution is -2.15. The lowest BCUT2D eigenvalue weighted by atomic mass is 9.88. The monoisotopic (exact) mass is 403 g/mol. The standard InChI is InChI=1S/C21H22ClNO3S/c1-3-26-21(25)19-16-10-4-13(2)12-17(16)27-20(19)23-18(24)11-7-14-5-8-15(22)9-6-14/h5-9,11,13H,3-4,10,12H2,1-2H3,(H,23,24)/b11-7+. The number of amides is 1. The molecule has 1 aromatic carbocycles. The Morgan fingerprint density at radius 1 is 1.33 bits per heavy atom. The van der Waals surface area contributed by atoms with Gasteiger partial charge in [0, 0.05) is 16.0 Å². The molecule has 1 heterocycles. The van der Waals surface area contributed by atoms with E-state index in [2.05, 4.69) is 12.2 Å². The minimum atomic E-state index is -0.360. The van der Waals surface area contributed by atoms with Gasteiger partial charge < -0.3 is 10.1 Å². The van der Waals surface area contributed by atoms with Gasteiger partial charge in [0.1, 0.15) is 5.00 Å². The van der Waals surface area contributed by atoms with E-state index in [-0.39, 0.29) is 11.9 Å². The molecule has 27 heavy (non-hydrogen) atoms. The molecule has 2 aromatic rings. The molecule has 0 fully saturated rings.